The molecule has 0 aliphatic heterocycles. The van der Waals surface area contributed by atoms with Gasteiger partial charge in [-0.15, -0.1) is 0 Å². The van der Waals surface area contributed by atoms with Gasteiger partial charge in [0.2, 0.25) is 0 Å². The van der Waals surface area contributed by atoms with Crippen LogP contribution in [0.2, 0.25) is 5.02 Å². The monoisotopic (exact) mass is 237 g/mol. The van der Waals surface area contributed by atoms with E-state index in [1.807, 2.05) is 18.2 Å². The Morgan fingerprint density at radius 1 is 1.31 bits per heavy atom. The normalized spacial score (nSPS) is 24.1. The average Bonchev–Trinajstić information content (AvgIpc) is 2.21. The molecule has 1 aromatic rings. The summed E-state index contributed by atoms with van der Waals surface area (Å²) < 4.78 is 0. The summed E-state index contributed by atoms with van der Waals surface area (Å²) in [6.07, 6.45) is 5.27. The smallest absolute Gasteiger partial charge is 0.0426 e. The lowest BCUT2D eigenvalue weighted by Crippen LogP contribution is -2.38. The molecule has 1 N–H and O–H groups in total. The van der Waals surface area contributed by atoms with Gasteiger partial charge in [0.1, 0.15) is 0 Å². The molecular weight excluding hydrogens is 218 g/mol. The van der Waals surface area contributed by atoms with Gasteiger partial charge in [-0.3, -0.25) is 0 Å². The molecule has 1 aliphatic rings. The Bertz CT molecular complexity index is 360. The molecule has 0 radical (unpaired) electrons. The SMILES string of the molecule is CC1(C)CCCCC1Nc1cccc(Cl)c1. The van der Waals surface area contributed by atoms with E-state index in [9.17, 15) is 0 Å². The molecular formula is C14H20ClN. The standard InChI is InChI=1S/C14H20ClN/c1-14(2)9-4-3-8-13(14)16-12-7-5-6-11(15)10-12/h5-7,10,13,16H,3-4,8-9H2,1-2H3. The van der Waals surface area contributed by atoms with E-state index < -0.39 is 0 Å². The highest BCUT2D eigenvalue weighted by molar-refractivity contribution is 6.30. The zero-order chi connectivity index (χ0) is 11.6. The fourth-order valence-corrected chi connectivity index (χ4v) is 2.73. The Hall–Kier alpha value is -0.690. The lowest BCUT2D eigenvalue weighted by Gasteiger charge is -2.39. The predicted octanol–water partition coefficient (Wildman–Crippen LogP) is 4.72. The van der Waals surface area contributed by atoms with Crippen LogP contribution in [0.15, 0.2) is 24.3 Å². The van der Waals surface area contributed by atoms with Gasteiger partial charge in [-0.1, -0.05) is 44.4 Å². The number of nitrogens with one attached hydrogen (secondary N) is 1. The van der Waals surface area contributed by atoms with Gasteiger partial charge in [-0.05, 0) is 36.5 Å². The van der Waals surface area contributed by atoms with E-state index in [4.69, 9.17) is 11.6 Å². The third-order valence-electron chi connectivity index (χ3n) is 3.67. The lowest BCUT2D eigenvalue weighted by atomic mass is 9.73. The van der Waals surface area contributed by atoms with Crippen LogP contribution in [-0.4, -0.2) is 6.04 Å². The topological polar surface area (TPSA) is 12.0 Å². The van der Waals surface area contributed by atoms with E-state index in [-0.39, 0.29) is 0 Å². The molecule has 0 spiro atoms. The Morgan fingerprint density at radius 3 is 2.81 bits per heavy atom. The van der Waals surface area contributed by atoms with Crippen molar-refractivity contribution in [3.05, 3.63) is 29.3 Å². The van der Waals surface area contributed by atoms with Gasteiger partial charge in [-0.25, -0.2) is 0 Å². The van der Waals surface area contributed by atoms with E-state index in [1.54, 1.807) is 0 Å². The molecule has 16 heavy (non-hydrogen) atoms. The Morgan fingerprint density at radius 2 is 2.12 bits per heavy atom. The molecule has 2 heteroatoms. The van der Waals surface area contributed by atoms with Crippen LogP contribution in [0.3, 0.4) is 0 Å². The fourth-order valence-electron chi connectivity index (χ4n) is 2.54. The van der Waals surface area contributed by atoms with Crippen molar-refractivity contribution in [3.63, 3.8) is 0 Å². The van der Waals surface area contributed by atoms with E-state index in [0.29, 0.717) is 11.5 Å². The molecule has 1 fully saturated rings. The molecule has 0 aromatic heterocycles. The maximum absolute atomic E-state index is 5.99. The minimum absolute atomic E-state index is 0.389. The van der Waals surface area contributed by atoms with Crippen molar-refractivity contribution in [2.24, 2.45) is 5.41 Å². The first-order valence-corrected chi connectivity index (χ1v) is 6.48. The van der Waals surface area contributed by atoms with Crippen LogP contribution < -0.4 is 5.32 Å². The van der Waals surface area contributed by atoms with Crippen molar-refractivity contribution >= 4 is 17.3 Å². The Labute approximate surface area is 103 Å². The second-order valence-corrected chi connectivity index (χ2v) is 5.88. The van der Waals surface area contributed by atoms with Crippen LogP contribution in [0.4, 0.5) is 5.69 Å². The molecule has 0 heterocycles. The summed E-state index contributed by atoms with van der Waals surface area (Å²) >= 11 is 5.99. The van der Waals surface area contributed by atoms with Gasteiger partial charge in [0.15, 0.2) is 0 Å². The molecule has 0 bridgehead atoms. The number of halogens is 1. The summed E-state index contributed by atoms with van der Waals surface area (Å²) in [5.74, 6) is 0. The third-order valence-corrected chi connectivity index (χ3v) is 3.91. The molecule has 1 atom stereocenters. The molecule has 1 aliphatic carbocycles. The van der Waals surface area contributed by atoms with Crippen molar-refractivity contribution in [2.75, 3.05) is 5.32 Å². The first-order valence-electron chi connectivity index (χ1n) is 6.10. The lowest BCUT2D eigenvalue weighted by molar-refractivity contribution is 0.217. The second-order valence-electron chi connectivity index (χ2n) is 5.44. The molecule has 1 saturated carbocycles. The maximum atomic E-state index is 5.99. The Kier molecular flexibility index (Phi) is 3.44. The van der Waals surface area contributed by atoms with Crippen LogP contribution >= 0.6 is 11.6 Å². The zero-order valence-electron chi connectivity index (χ0n) is 10.1. The third kappa shape index (κ3) is 2.70. The summed E-state index contributed by atoms with van der Waals surface area (Å²) in [6, 6.07) is 8.59. The van der Waals surface area contributed by atoms with Gasteiger partial charge >= 0.3 is 0 Å². The summed E-state index contributed by atoms with van der Waals surface area (Å²) in [6.45, 7) is 4.71. The highest BCUT2D eigenvalue weighted by atomic mass is 35.5. The van der Waals surface area contributed by atoms with Crippen LogP contribution in [0, 0.1) is 5.41 Å². The highest BCUT2D eigenvalue weighted by Gasteiger charge is 2.31. The zero-order valence-corrected chi connectivity index (χ0v) is 10.8. The van der Waals surface area contributed by atoms with Crippen LogP contribution in [0.25, 0.3) is 0 Å². The summed E-state index contributed by atoms with van der Waals surface area (Å²) in [4.78, 5) is 0. The van der Waals surface area contributed by atoms with E-state index >= 15 is 0 Å². The summed E-state index contributed by atoms with van der Waals surface area (Å²) in [5.41, 5.74) is 1.54. The summed E-state index contributed by atoms with van der Waals surface area (Å²) in [5, 5.41) is 4.43. The van der Waals surface area contributed by atoms with Gasteiger partial charge < -0.3 is 5.32 Å². The minimum atomic E-state index is 0.389. The van der Waals surface area contributed by atoms with E-state index in [2.05, 4.69) is 25.2 Å². The van der Waals surface area contributed by atoms with E-state index in [0.717, 1.165) is 10.7 Å². The first-order chi connectivity index (χ1) is 7.58. The highest BCUT2D eigenvalue weighted by Crippen LogP contribution is 2.37. The quantitative estimate of drug-likeness (QED) is 0.785. The van der Waals surface area contributed by atoms with Crippen LogP contribution in [0.1, 0.15) is 39.5 Å². The number of benzene rings is 1. The molecule has 0 saturated heterocycles. The van der Waals surface area contributed by atoms with Crippen LogP contribution in [-0.2, 0) is 0 Å². The fraction of sp³-hybridized carbons (Fsp3) is 0.571. The van der Waals surface area contributed by atoms with Crippen LogP contribution in [0.5, 0.6) is 0 Å². The largest absolute Gasteiger partial charge is 0.382 e. The number of hydrogen-bond acceptors (Lipinski definition) is 1. The second kappa shape index (κ2) is 4.67. The van der Waals surface area contributed by atoms with Crippen molar-refractivity contribution in [2.45, 2.75) is 45.6 Å². The Balaban J connectivity index is 2.08. The number of rotatable bonds is 2. The van der Waals surface area contributed by atoms with Gasteiger partial charge in [0.05, 0.1) is 0 Å². The van der Waals surface area contributed by atoms with Crippen molar-refractivity contribution < 1.29 is 0 Å². The van der Waals surface area contributed by atoms with Gasteiger partial charge in [-0.2, -0.15) is 0 Å². The van der Waals surface area contributed by atoms with E-state index in [1.165, 1.54) is 25.7 Å². The average molecular weight is 238 g/mol. The summed E-state index contributed by atoms with van der Waals surface area (Å²) in [7, 11) is 0. The molecule has 88 valence electrons. The van der Waals surface area contributed by atoms with Gasteiger partial charge in [0.25, 0.3) is 0 Å². The maximum Gasteiger partial charge on any atom is 0.0426 e. The van der Waals surface area contributed by atoms with Crippen molar-refractivity contribution in [1.82, 2.24) is 0 Å². The molecule has 1 nitrogen and oxygen atoms in total. The number of hydrogen-bond donors (Lipinski definition) is 1. The minimum Gasteiger partial charge on any atom is -0.382 e. The molecule has 0 amide bonds. The molecule has 1 aromatic carbocycles. The first kappa shape index (κ1) is 11.8. The van der Waals surface area contributed by atoms with Gasteiger partial charge in [0, 0.05) is 16.8 Å². The van der Waals surface area contributed by atoms with Crippen molar-refractivity contribution in [1.29, 1.82) is 0 Å². The molecule has 1 unspecified atom stereocenters. The predicted molar refractivity (Wildman–Crippen MR) is 71.1 cm³/mol. The number of anilines is 1. The van der Waals surface area contributed by atoms with Crippen molar-refractivity contribution in [3.8, 4) is 0 Å². The molecule has 2 rings (SSSR count).